The van der Waals surface area contributed by atoms with Crippen LogP contribution in [0.15, 0.2) is 53.4 Å². The largest absolute Gasteiger partial charge is 0.380 e. The fourth-order valence-corrected chi connectivity index (χ4v) is 5.85. The van der Waals surface area contributed by atoms with Gasteiger partial charge in [0.1, 0.15) is 11.2 Å². The Bertz CT molecular complexity index is 955. The van der Waals surface area contributed by atoms with Crippen LogP contribution in [0.1, 0.15) is 18.4 Å². The number of hydrogen-bond donors (Lipinski definition) is 0. The van der Waals surface area contributed by atoms with Gasteiger partial charge in [0.15, 0.2) is 9.84 Å². The Labute approximate surface area is 157 Å². The molecule has 2 aromatic rings. The quantitative estimate of drug-likeness (QED) is 0.744. The molecule has 0 aliphatic heterocycles. The molecule has 3 atom stereocenters. The molecule has 2 aromatic carbocycles. The van der Waals surface area contributed by atoms with Crippen LogP contribution in [0.5, 0.6) is 0 Å². The molecule has 3 unspecified atom stereocenters. The predicted octanol–water partition coefficient (Wildman–Crippen LogP) is 3.97. The number of ether oxygens (including phenoxy) is 1. The lowest BCUT2D eigenvalue weighted by atomic mass is 10.0. The van der Waals surface area contributed by atoms with Gasteiger partial charge in [-0.25, -0.2) is 12.8 Å². The van der Waals surface area contributed by atoms with Crippen molar-refractivity contribution in [2.24, 2.45) is 5.41 Å². The van der Waals surface area contributed by atoms with Crippen molar-refractivity contribution < 1.29 is 17.5 Å². The normalized spacial score (nSPS) is 24.8. The summed E-state index contributed by atoms with van der Waals surface area (Å²) in [7, 11) is -3.83. The van der Waals surface area contributed by atoms with Gasteiger partial charge >= 0.3 is 0 Å². The smallest absolute Gasteiger partial charge is 0.183 e. The number of rotatable bonds is 6. The van der Waals surface area contributed by atoms with Gasteiger partial charge in [0.2, 0.25) is 0 Å². The van der Waals surface area contributed by atoms with Crippen molar-refractivity contribution in [3.63, 3.8) is 0 Å². The average Bonchev–Trinajstić information content (AvgIpc) is 3.31. The molecule has 0 heterocycles. The maximum atomic E-state index is 13.7. The van der Waals surface area contributed by atoms with E-state index in [1.807, 2.05) is 0 Å². The Kier molecular flexibility index (Phi) is 5.07. The van der Waals surface area contributed by atoms with E-state index in [1.165, 1.54) is 42.5 Å². The fraction of sp³-hybridized carbons (Fsp3) is 0.316. The highest BCUT2D eigenvalue weighted by molar-refractivity contribution is 7.92. The molecule has 0 bridgehead atoms. The molecular formula is C19H17ClFNO3S. The van der Waals surface area contributed by atoms with Crippen LogP contribution < -0.4 is 0 Å². The second-order valence-corrected chi connectivity index (χ2v) is 8.75. The van der Waals surface area contributed by atoms with E-state index in [4.69, 9.17) is 16.3 Å². The molecule has 0 spiro atoms. The van der Waals surface area contributed by atoms with Crippen LogP contribution in [0.25, 0.3) is 0 Å². The van der Waals surface area contributed by atoms with Gasteiger partial charge in [0, 0.05) is 17.5 Å². The highest BCUT2D eigenvalue weighted by Crippen LogP contribution is 2.64. The molecule has 4 nitrogen and oxygen atoms in total. The van der Waals surface area contributed by atoms with Crippen LogP contribution in [0.3, 0.4) is 0 Å². The Morgan fingerprint density at radius 1 is 1.27 bits per heavy atom. The number of sulfone groups is 1. The molecule has 1 saturated carbocycles. The Morgan fingerprint density at radius 3 is 2.54 bits per heavy atom. The second-order valence-electron chi connectivity index (χ2n) is 6.24. The average molecular weight is 394 g/mol. The topological polar surface area (TPSA) is 67.2 Å². The molecule has 1 aliphatic rings. The Balaban J connectivity index is 2.07. The Morgan fingerprint density at radius 2 is 1.96 bits per heavy atom. The summed E-state index contributed by atoms with van der Waals surface area (Å²) in [5.41, 5.74) is -0.767. The lowest BCUT2D eigenvalue weighted by Crippen LogP contribution is -2.19. The van der Waals surface area contributed by atoms with Gasteiger partial charge < -0.3 is 4.74 Å². The van der Waals surface area contributed by atoms with Gasteiger partial charge in [-0.1, -0.05) is 23.7 Å². The van der Waals surface area contributed by atoms with Crippen LogP contribution in [0.4, 0.5) is 4.39 Å². The Hall–Kier alpha value is -1.94. The van der Waals surface area contributed by atoms with Gasteiger partial charge in [-0.05, 0) is 48.9 Å². The van der Waals surface area contributed by atoms with Gasteiger partial charge in [0.05, 0.1) is 22.8 Å². The number of hydrogen-bond acceptors (Lipinski definition) is 4. The number of halogens is 2. The molecule has 26 heavy (non-hydrogen) atoms. The van der Waals surface area contributed by atoms with Crippen molar-refractivity contribution in [1.82, 2.24) is 0 Å². The first-order chi connectivity index (χ1) is 12.4. The molecule has 7 heteroatoms. The zero-order chi connectivity index (χ0) is 18.9. The minimum Gasteiger partial charge on any atom is -0.380 e. The van der Waals surface area contributed by atoms with Crippen LogP contribution in [-0.2, 0) is 14.6 Å². The predicted molar refractivity (Wildman–Crippen MR) is 96.1 cm³/mol. The summed E-state index contributed by atoms with van der Waals surface area (Å²) in [5.74, 6) is -1.13. The third kappa shape index (κ3) is 3.11. The highest BCUT2D eigenvalue weighted by Gasteiger charge is 2.72. The molecule has 0 radical (unpaired) electrons. The van der Waals surface area contributed by atoms with Crippen molar-refractivity contribution in [3.8, 4) is 6.07 Å². The molecule has 0 amide bonds. The third-order valence-electron chi connectivity index (χ3n) is 4.69. The molecule has 0 aromatic heterocycles. The molecule has 0 saturated heterocycles. The van der Waals surface area contributed by atoms with E-state index in [2.05, 4.69) is 6.07 Å². The molecular weight excluding hydrogens is 377 g/mol. The van der Waals surface area contributed by atoms with Gasteiger partial charge in [-0.15, -0.1) is 0 Å². The van der Waals surface area contributed by atoms with Crippen molar-refractivity contribution in [1.29, 1.82) is 5.26 Å². The van der Waals surface area contributed by atoms with E-state index in [9.17, 15) is 18.1 Å². The summed E-state index contributed by atoms with van der Waals surface area (Å²) < 4.78 is 45.4. The van der Waals surface area contributed by atoms with E-state index in [-0.39, 0.29) is 11.5 Å². The van der Waals surface area contributed by atoms with E-state index in [1.54, 1.807) is 13.0 Å². The summed E-state index contributed by atoms with van der Waals surface area (Å²) in [6.45, 7) is 2.10. The maximum Gasteiger partial charge on any atom is 0.183 e. The first-order valence-electron chi connectivity index (χ1n) is 8.10. The van der Waals surface area contributed by atoms with Crippen LogP contribution >= 0.6 is 11.6 Å². The number of nitriles is 1. The first kappa shape index (κ1) is 18.8. The summed E-state index contributed by atoms with van der Waals surface area (Å²) >= 11 is 5.84. The lowest BCUT2D eigenvalue weighted by molar-refractivity contribution is 0.117. The van der Waals surface area contributed by atoms with E-state index in [0.717, 1.165) is 0 Å². The molecule has 1 fully saturated rings. The molecule has 0 N–H and O–H groups in total. The number of nitrogens with zero attached hydrogens (tertiary/aromatic N) is 1. The zero-order valence-corrected chi connectivity index (χ0v) is 15.6. The first-order valence-corrected chi connectivity index (χ1v) is 10.0. The lowest BCUT2D eigenvalue weighted by Gasteiger charge is -2.09. The SMILES string of the molecule is CCOCC1(C#N)C(c2cccc(F)c2)C1S(=O)(=O)c1ccc(Cl)cc1. The van der Waals surface area contributed by atoms with Crippen LogP contribution in [-0.4, -0.2) is 26.9 Å². The molecule has 136 valence electrons. The summed E-state index contributed by atoms with van der Waals surface area (Å²) in [5, 5.41) is 9.21. The minimum absolute atomic E-state index is 0.0291. The molecule has 3 rings (SSSR count). The standard InChI is InChI=1S/C19H17ClFNO3S/c1-2-25-12-19(11-22)17(13-4-3-5-15(21)10-13)18(19)26(23,24)16-8-6-14(20)7-9-16/h3-10,17-18H,2,12H2,1H3. The van der Waals surface area contributed by atoms with Crippen molar-refractivity contribution in [2.75, 3.05) is 13.2 Å². The van der Waals surface area contributed by atoms with Crippen LogP contribution in [0, 0.1) is 22.6 Å². The fourth-order valence-electron chi connectivity index (χ4n) is 3.41. The zero-order valence-electron chi connectivity index (χ0n) is 14.0. The van der Waals surface area contributed by atoms with Gasteiger partial charge in [-0.2, -0.15) is 5.26 Å². The monoisotopic (exact) mass is 393 g/mol. The van der Waals surface area contributed by atoms with Crippen molar-refractivity contribution in [3.05, 3.63) is 64.9 Å². The third-order valence-corrected chi connectivity index (χ3v) is 7.24. The van der Waals surface area contributed by atoms with E-state index < -0.39 is 32.2 Å². The summed E-state index contributed by atoms with van der Waals surface area (Å²) in [4.78, 5) is 0.0851. The second kappa shape index (κ2) is 6.99. The molecule has 1 aliphatic carbocycles. The maximum absolute atomic E-state index is 13.7. The van der Waals surface area contributed by atoms with E-state index >= 15 is 0 Å². The summed E-state index contributed by atoms with van der Waals surface area (Å²) in [6, 6.07) is 13.7. The van der Waals surface area contributed by atoms with E-state index in [0.29, 0.717) is 17.2 Å². The van der Waals surface area contributed by atoms with Crippen LogP contribution in [0.2, 0.25) is 5.02 Å². The minimum atomic E-state index is -3.83. The van der Waals surface area contributed by atoms with Gasteiger partial charge in [-0.3, -0.25) is 0 Å². The number of benzene rings is 2. The summed E-state index contributed by atoms with van der Waals surface area (Å²) in [6.07, 6.45) is 0. The van der Waals surface area contributed by atoms with Crippen molar-refractivity contribution >= 4 is 21.4 Å². The van der Waals surface area contributed by atoms with Crippen molar-refractivity contribution in [2.45, 2.75) is 23.0 Å². The highest BCUT2D eigenvalue weighted by atomic mass is 35.5. The van der Waals surface area contributed by atoms with Gasteiger partial charge in [0.25, 0.3) is 0 Å².